The van der Waals surface area contributed by atoms with Gasteiger partial charge in [0.05, 0.1) is 26.9 Å². The van der Waals surface area contributed by atoms with Gasteiger partial charge in [0.2, 0.25) is 21.8 Å². The first-order valence-electron chi connectivity index (χ1n) is 10.5. The number of halogens is 2. The van der Waals surface area contributed by atoms with Gasteiger partial charge < -0.3 is 10.2 Å². The predicted molar refractivity (Wildman–Crippen MR) is 135 cm³/mol. The Morgan fingerprint density at radius 3 is 2.31 bits per heavy atom. The molecule has 2 amide bonds. The van der Waals surface area contributed by atoms with E-state index in [1.165, 1.54) is 24.1 Å². The largest absolute Gasteiger partial charge is 0.357 e. The van der Waals surface area contributed by atoms with Crippen LogP contribution in [0.1, 0.15) is 24.5 Å². The molecular formula is C22H26Cl2N4O6S. The summed E-state index contributed by atoms with van der Waals surface area (Å²) in [5.41, 5.74) is 0.671. The number of anilines is 1. The minimum absolute atomic E-state index is 0.00229. The van der Waals surface area contributed by atoms with Gasteiger partial charge in [-0.25, -0.2) is 8.42 Å². The van der Waals surface area contributed by atoms with Gasteiger partial charge in [0.1, 0.15) is 12.6 Å². The Bertz CT molecular complexity index is 1240. The highest BCUT2D eigenvalue weighted by atomic mass is 35.5. The minimum atomic E-state index is -4.03. The lowest BCUT2D eigenvalue weighted by Gasteiger charge is -2.33. The average Bonchev–Trinajstić information content (AvgIpc) is 2.78. The summed E-state index contributed by atoms with van der Waals surface area (Å²) in [5, 5.41) is 14.3. The van der Waals surface area contributed by atoms with Crippen molar-refractivity contribution in [2.45, 2.75) is 32.9 Å². The molecule has 0 aromatic heterocycles. The van der Waals surface area contributed by atoms with E-state index in [2.05, 4.69) is 5.32 Å². The molecule has 2 aromatic rings. The van der Waals surface area contributed by atoms with Gasteiger partial charge in [-0.3, -0.25) is 24.0 Å². The second kappa shape index (κ2) is 11.7. The van der Waals surface area contributed by atoms with Gasteiger partial charge in [0, 0.05) is 25.7 Å². The molecule has 0 saturated carbocycles. The van der Waals surface area contributed by atoms with Crippen molar-refractivity contribution < 1.29 is 22.9 Å². The van der Waals surface area contributed by atoms with Gasteiger partial charge in [-0.2, -0.15) is 0 Å². The number of benzene rings is 2. The Balaban J connectivity index is 2.53. The van der Waals surface area contributed by atoms with Crippen molar-refractivity contribution in [3.05, 3.63) is 67.7 Å². The minimum Gasteiger partial charge on any atom is -0.357 e. The Morgan fingerprint density at radius 2 is 1.80 bits per heavy atom. The van der Waals surface area contributed by atoms with Gasteiger partial charge in [-0.15, -0.1) is 0 Å². The summed E-state index contributed by atoms with van der Waals surface area (Å²) < 4.78 is 26.1. The standard InChI is InChI=1S/C22H26Cl2N4O6S/c1-5-19(22(30)25-3)26(12-15-7-9-17(23)18(24)10-15)21(29)13-27(35(4,33)34)20-11-16(28(31)32)8-6-14(20)2/h6-11,19H,5,12-13H2,1-4H3,(H,25,30). The maximum Gasteiger partial charge on any atom is 0.271 e. The Labute approximate surface area is 214 Å². The first kappa shape index (κ1) is 28.3. The lowest BCUT2D eigenvalue weighted by molar-refractivity contribution is -0.384. The molecule has 0 aliphatic heterocycles. The van der Waals surface area contributed by atoms with Crippen molar-refractivity contribution in [3.8, 4) is 0 Å². The number of rotatable bonds is 10. The van der Waals surface area contributed by atoms with Crippen molar-refractivity contribution in [3.63, 3.8) is 0 Å². The Morgan fingerprint density at radius 1 is 1.14 bits per heavy atom. The van der Waals surface area contributed by atoms with Crippen molar-refractivity contribution in [1.29, 1.82) is 0 Å². The number of carbonyl (C=O) groups excluding carboxylic acids is 2. The molecule has 0 radical (unpaired) electrons. The van der Waals surface area contributed by atoms with Crippen LogP contribution in [0.15, 0.2) is 36.4 Å². The van der Waals surface area contributed by atoms with Gasteiger partial charge in [-0.1, -0.05) is 42.3 Å². The fraction of sp³-hybridized carbons (Fsp3) is 0.364. The zero-order valence-corrected chi connectivity index (χ0v) is 21.9. The molecule has 0 heterocycles. The highest BCUT2D eigenvalue weighted by molar-refractivity contribution is 7.92. The van der Waals surface area contributed by atoms with Crippen molar-refractivity contribution >= 4 is 56.4 Å². The number of nitrogens with one attached hydrogen (secondary N) is 1. The van der Waals surface area contributed by atoms with E-state index in [1.807, 2.05) is 0 Å². The summed E-state index contributed by atoms with van der Waals surface area (Å²) in [6, 6.07) is 7.60. The molecule has 1 unspecified atom stereocenters. The van der Waals surface area contributed by atoms with Gasteiger partial charge in [0.25, 0.3) is 5.69 Å². The number of likely N-dealkylation sites (N-methyl/N-ethyl adjacent to an activating group) is 1. The molecule has 1 N–H and O–H groups in total. The zero-order chi connectivity index (χ0) is 26.5. The molecule has 2 aromatic carbocycles. The second-order valence-electron chi connectivity index (χ2n) is 7.81. The Hall–Kier alpha value is -2.89. The molecule has 1 atom stereocenters. The fourth-order valence-electron chi connectivity index (χ4n) is 3.50. The summed E-state index contributed by atoms with van der Waals surface area (Å²) in [6.45, 7) is 2.57. The van der Waals surface area contributed by atoms with Crippen LogP contribution in [0, 0.1) is 17.0 Å². The van der Waals surface area contributed by atoms with E-state index < -0.39 is 39.3 Å². The van der Waals surface area contributed by atoms with Gasteiger partial charge in [-0.05, 0) is 36.6 Å². The summed E-state index contributed by atoms with van der Waals surface area (Å²) in [4.78, 5) is 38.0. The second-order valence-corrected chi connectivity index (χ2v) is 10.5. The summed E-state index contributed by atoms with van der Waals surface area (Å²) >= 11 is 12.1. The van der Waals surface area contributed by atoms with Crippen LogP contribution < -0.4 is 9.62 Å². The third kappa shape index (κ3) is 7.06. The van der Waals surface area contributed by atoms with E-state index in [0.29, 0.717) is 16.1 Å². The van der Waals surface area contributed by atoms with E-state index in [-0.39, 0.29) is 29.4 Å². The number of hydrogen-bond acceptors (Lipinski definition) is 6. The maximum absolute atomic E-state index is 13.5. The third-order valence-corrected chi connectivity index (χ3v) is 7.19. The summed E-state index contributed by atoms with van der Waals surface area (Å²) in [7, 11) is -2.60. The highest BCUT2D eigenvalue weighted by Crippen LogP contribution is 2.28. The molecule has 0 spiro atoms. The number of nitro benzene ring substituents is 1. The number of nitrogens with zero attached hydrogens (tertiary/aromatic N) is 3. The molecule has 0 aliphatic rings. The lowest BCUT2D eigenvalue weighted by Crippen LogP contribution is -2.51. The number of hydrogen-bond donors (Lipinski definition) is 1. The van der Waals surface area contributed by atoms with E-state index in [0.717, 1.165) is 16.6 Å². The van der Waals surface area contributed by atoms with Crippen molar-refractivity contribution in [2.24, 2.45) is 0 Å². The van der Waals surface area contributed by atoms with Crippen LogP contribution in [-0.4, -0.2) is 55.9 Å². The predicted octanol–water partition coefficient (Wildman–Crippen LogP) is 3.53. The number of aryl methyl sites for hydroxylation is 1. The molecule has 0 saturated heterocycles. The number of nitro groups is 1. The molecular weight excluding hydrogens is 519 g/mol. The quantitative estimate of drug-likeness (QED) is 0.359. The highest BCUT2D eigenvalue weighted by Gasteiger charge is 2.32. The normalized spacial score (nSPS) is 12.1. The molecule has 190 valence electrons. The summed E-state index contributed by atoms with van der Waals surface area (Å²) in [5.74, 6) is -1.11. The first-order valence-corrected chi connectivity index (χ1v) is 13.1. The molecule has 35 heavy (non-hydrogen) atoms. The topological polar surface area (TPSA) is 130 Å². The van der Waals surface area contributed by atoms with E-state index in [1.54, 1.807) is 32.0 Å². The molecule has 2 rings (SSSR count). The van der Waals surface area contributed by atoms with Crippen LogP contribution in [0.4, 0.5) is 11.4 Å². The summed E-state index contributed by atoms with van der Waals surface area (Å²) in [6.07, 6.45) is 1.15. The average molecular weight is 545 g/mol. The lowest BCUT2D eigenvalue weighted by atomic mass is 10.1. The number of amides is 2. The number of carbonyl (C=O) groups is 2. The van der Waals surface area contributed by atoms with Gasteiger partial charge >= 0.3 is 0 Å². The van der Waals surface area contributed by atoms with Crippen LogP contribution in [0.2, 0.25) is 10.0 Å². The van der Waals surface area contributed by atoms with E-state index in [9.17, 15) is 28.1 Å². The Kier molecular flexibility index (Phi) is 9.47. The van der Waals surface area contributed by atoms with Crippen LogP contribution in [0.5, 0.6) is 0 Å². The van der Waals surface area contributed by atoms with Crippen molar-refractivity contribution in [2.75, 3.05) is 24.2 Å². The number of sulfonamides is 1. The molecule has 0 fully saturated rings. The molecule has 0 bridgehead atoms. The molecule has 0 aliphatic carbocycles. The van der Waals surface area contributed by atoms with Crippen LogP contribution >= 0.6 is 23.2 Å². The third-order valence-electron chi connectivity index (χ3n) is 5.32. The zero-order valence-electron chi connectivity index (χ0n) is 19.6. The van der Waals surface area contributed by atoms with Crippen LogP contribution in [-0.2, 0) is 26.2 Å². The number of non-ortho nitro benzene ring substituents is 1. The van der Waals surface area contributed by atoms with Crippen molar-refractivity contribution in [1.82, 2.24) is 10.2 Å². The fourth-order valence-corrected chi connectivity index (χ4v) is 4.72. The first-order chi connectivity index (χ1) is 16.3. The SMILES string of the molecule is CCC(C(=O)NC)N(Cc1ccc(Cl)c(Cl)c1)C(=O)CN(c1cc([N+](=O)[O-])ccc1C)S(C)(=O)=O. The van der Waals surface area contributed by atoms with Crippen LogP contribution in [0.25, 0.3) is 0 Å². The monoisotopic (exact) mass is 544 g/mol. The maximum atomic E-state index is 13.5. The molecule has 13 heteroatoms. The van der Waals surface area contributed by atoms with E-state index >= 15 is 0 Å². The smallest absolute Gasteiger partial charge is 0.271 e. The van der Waals surface area contributed by atoms with Gasteiger partial charge in [0.15, 0.2) is 0 Å². The van der Waals surface area contributed by atoms with Crippen LogP contribution in [0.3, 0.4) is 0 Å². The molecule has 10 nitrogen and oxygen atoms in total. The van der Waals surface area contributed by atoms with E-state index in [4.69, 9.17) is 23.2 Å².